The minimum atomic E-state index is -0.621. The predicted octanol–water partition coefficient (Wildman–Crippen LogP) is 3.95. The Labute approximate surface area is 225 Å². The fourth-order valence-corrected chi connectivity index (χ4v) is 4.97. The van der Waals surface area contributed by atoms with Crippen LogP contribution in [0.15, 0.2) is 40.4 Å². The lowest BCUT2D eigenvalue weighted by atomic mass is 9.85. The molecular weight excluding hydrogens is 538 g/mol. The van der Waals surface area contributed by atoms with Gasteiger partial charge in [0.15, 0.2) is 0 Å². The van der Waals surface area contributed by atoms with Crippen LogP contribution >= 0.6 is 15.9 Å². The van der Waals surface area contributed by atoms with Crippen LogP contribution in [0.5, 0.6) is 0 Å². The normalized spacial score (nSPS) is 16.7. The number of imidazole rings is 2. The van der Waals surface area contributed by atoms with Crippen molar-refractivity contribution < 1.29 is 14.3 Å². The predicted molar refractivity (Wildman–Crippen MR) is 145 cm³/mol. The van der Waals surface area contributed by atoms with E-state index in [0.717, 1.165) is 21.2 Å². The molecular formula is C26H34BrN7O3. The lowest BCUT2D eigenvalue weighted by molar-refractivity contribution is -0.156. The number of aliphatic imine (C=N–C) groups is 1. The van der Waals surface area contributed by atoms with E-state index in [9.17, 15) is 9.59 Å². The second kappa shape index (κ2) is 11.0. The highest BCUT2D eigenvalue weighted by molar-refractivity contribution is 9.10. The van der Waals surface area contributed by atoms with Gasteiger partial charge >= 0.3 is 5.97 Å². The highest BCUT2D eigenvalue weighted by Crippen LogP contribution is 2.32. The van der Waals surface area contributed by atoms with Crippen LogP contribution in [-0.2, 0) is 27.8 Å². The number of hydrogen-bond acceptors (Lipinski definition) is 6. The summed E-state index contributed by atoms with van der Waals surface area (Å²) in [7, 11) is 1.92. The van der Waals surface area contributed by atoms with E-state index in [1.165, 1.54) is 0 Å². The summed E-state index contributed by atoms with van der Waals surface area (Å²) in [6.07, 6.45) is 6.33. The molecule has 37 heavy (non-hydrogen) atoms. The molecule has 1 aromatic carbocycles. The molecule has 198 valence electrons. The van der Waals surface area contributed by atoms with Gasteiger partial charge in [-0.05, 0) is 61.7 Å². The minimum Gasteiger partial charge on any atom is -0.465 e. The maximum Gasteiger partial charge on any atom is 0.311 e. The Bertz CT molecular complexity index is 1310. The van der Waals surface area contributed by atoms with Gasteiger partial charge < -0.3 is 19.6 Å². The van der Waals surface area contributed by atoms with Crippen LogP contribution in [0.2, 0.25) is 0 Å². The number of aromatic nitrogens is 4. The van der Waals surface area contributed by atoms with E-state index in [4.69, 9.17) is 9.73 Å². The van der Waals surface area contributed by atoms with Crippen LogP contribution in [0.1, 0.15) is 39.8 Å². The largest absolute Gasteiger partial charge is 0.465 e. The van der Waals surface area contributed by atoms with Crippen molar-refractivity contribution in [2.45, 2.75) is 40.5 Å². The fourth-order valence-electron chi connectivity index (χ4n) is 4.43. The summed E-state index contributed by atoms with van der Waals surface area (Å²) >= 11 is 3.60. The van der Waals surface area contributed by atoms with Crippen molar-refractivity contribution >= 4 is 50.5 Å². The van der Waals surface area contributed by atoms with Gasteiger partial charge in [-0.25, -0.2) is 15.0 Å². The number of aromatic amines is 1. The van der Waals surface area contributed by atoms with Crippen molar-refractivity contribution in [3.63, 3.8) is 0 Å². The number of nitrogens with one attached hydrogen (secondary N) is 2. The number of nitrogens with zero attached hydrogens (tertiary/aromatic N) is 5. The Hall–Kier alpha value is -3.21. The zero-order chi connectivity index (χ0) is 26.7. The summed E-state index contributed by atoms with van der Waals surface area (Å²) in [5.74, 6) is -0.404. The molecule has 10 nitrogen and oxygen atoms in total. The van der Waals surface area contributed by atoms with Crippen molar-refractivity contribution in [3.05, 3.63) is 41.2 Å². The third-order valence-corrected chi connectivity index (χ3v) is 7.41. The molecule has 1 aliphatic heterocycles. The number of carbonyl (C=O) groups excluding carboxylic acids is 2. The van der Waals surface area contributed by atoms with Crippen molar-refractivity contribution in [1.29, 1.82) is 0 Å². The Morgan fingerprint density at radius 1 is 1.30 bits per heavy atom. The van der Waals surface area contributed by atoms with E-state index in [1.54, 1.807) is 23.8 Å². The number of carbonyl (C=O) groups is 2. The molecule has 1 aliphatic rings. The lowest BCUT2D eigenvalue weighted by Crippen LogP contribution is -2.43. The third-order valence-electron chi connectivity index (χ3n) is 6.63. The highest BCUT2D eigenvalue weighted by atomic mass is 79.9. The summed E-state index contributed by atoms with van der Waals surface area (Å²) in [5.41, 5.74) is 2.72. The molecule has 3 aromatic rings. The summed E-state index contributed by atoms with van der Waals surface area (Å²) in [5, 5.41) is 3.25. The number of ether oxygens (including phenoxy) is 1. The smallest absolute Gasteiger partial charge is 0.311 e. The van der Waals surface area contributed by atoms with Crippen molar-refractivity contribution in [2.75, 3.05) is 19.7 Å². The van der Waals surface area contributed by atoms with Gasteiger partial charge in [0.05, 0.1) is 40.4 Å². The molecule has 1 fully saturated rings. The second-order valence-corrected chi connectivity index (χ2v) is 11.2. The van der Waals surface area contributed by atoms with Crippen LogP contribution in [0, 0.1) is 17.3 Å². The zero-order valence-corrected chi connectivity index (χ0v) is 23.5. The van der Waals surface area contributed by atoms with E-state index in [-0.39, 0.29) is 30.3 Å². The first-order chi connectivity index (χ1) is 17.6. The zero-order valence-electron chi connectivity index (χ0n) is 21.9. The number of rotatable bonds is 8. The van der Waals surface area contributed by atoms with Gasteiger partial charge in [-0.3, -0.25) is 14.5 Å². The van der Waals surface area contributed by atoms with Crippen LogP contribution < -0.4 is 5.32 Å². The maximum absolute atomic E-state index is 13.9. The number of esters is 1. The van der Waals surface area contributed by atoms with Gasteiger partial charge in [0.2, 0.25) is 11.9 Å². The molecule has 1 amide bonds. The number of benzene rings is 1. The Balaban J connectivity index is 1.60. The van der Waals surface area contributed by atoms with E-state index >= 15 is 0 Å². The Morgan fingerprint density at radius 2 is 2.08 bits per heavy atom. The molecule has 2 atom stereocenters. The number of aryl methyl sites for hydroxylation is 1. The molecule has 2 aromatic heterocycles. The molecule has 1 unspecified atom stereocenters. The monoisotopic (exact) mass is 571 g/mol. The number of guanidine groups is 1. The number of hydrogen-bond donors (Lipinski definition) is 2. The van der Waals surface area contributed by atoms with Crippen LogP contribution in [-0.4, -0.2) is 62.0 Å². The topological polar surface area (TPSA) is 118 Å². The van der Waals surface area contributed by atoms with Gasteiger partial charge in [-0.15, -0.1) is 0 Å². The minimum absolute atomic E-state index is 0.0396. The van der Waals surface area contributed by atoms with Crippen LogP contribution in [0.3, 0.4) is 0 Å². The van der Waals surface area contributed by atoms with E-state index in [0.29, 0.717) is 37.6 Å². The molecule has 4 rings (SSSR count). The van der Waals surface area contributed by atoms with Crippen molar-refractivity contribution in [3.8, 4) is 0 Å². The van der Waals surface area contributed by atoms with Gasteiger partial charge in [0.1, 0.15) is 5.52 Å². The summed E-state index contributed by atoms with van der Waals surface area (Å²) in [6.45, 7) is 8.74. The summed E-state index contributed by atoms with van der Waals surface area (Å²) in [4.78, 5) is 44.6. The number of H-pyrrole nitrogens is 1. The van der Waals surface area contributed by atoms with Gasteiger partial charge in [-0.1, -0.05) is 6.92 Å². The van der Waals surface area contributed by atoms with E-state index in [1.807, 2.05) is 51.4 Å². The molecule has 0 spiro atoms. The first-order valence-corrected chi connectivity index (χ1v) is 13.3. The number of halogens is 1. The molecule has 0 saturated carbocycles. The standard InChI is InChI=1S/C26H34BrN7O3/c1-6-18(16(11-17-12-28-15-33(17)5)13-37-24(36)26(2,3)4)23(35)34-10-9-29-25(34)32-19-7-8-20-22(21(19)27)31-14-30-20/h7-8,12,14-16,18H,6,9-11,13H2,1-5H3,(H,29,32)(H,30,31)/t16?,18-/m0/s1. The van der Waals surface area contributed by atoms with Crippen LogP contribution in [0.25, 0.3) is 11.0 Å². The average Bonchev–Trinajstić information content (AvgIpc) is 3.60. The fraction of sp³-hybridized carbons (Fsp3) is 0.500. The van der Waals surface area contributed by atoms with Gasteiger partial charge in [-0.2, -0.15) is 0 Å². The SMILES string of the molecule is CC[C@H](C(=O)N1CCN/C1=N/c1ccc2[nH]cnc2c1Br)C(COC(=O)C(C)(C)C)Cc1cncn1C. The van der Waals surface area contributed by atoms with E-state index < -0.39 is 5.41 Å². The van der Waals surface area contributed by atoms with Gasteiger partial charge in [0, 0.05) is 43.9 Å². The maximum atomic E-state index is 13.9. The molecule has 1 saturated heterocycles. The summed E-state index contributed by atoms with van der Waals surface area (Å²) < 4.78 is 8.42. The Kier molecular flexibility index (Phi) is 8.01. The molecule has 0 bridgehead atoms. The highest BCUT2D eigenvalue weighted by Gasteiger charge is 2.36. The van der Waals surface area contributed by atoms with Gasteiger partial charge in [0.25, 0.3) is 0 Å². The number of fused-ring (bicyclic) bond motifs is 1. The van der Waals surface area contributed by atoms with Crippen molar-refractivity contribution in [2.24, 2.45) is 29.3 Å². The molecule has 2 N–H and O–H groups in total. The van der Waals surface area contributed by atoms with E-state index in [2.05, 4.69) is 36.2 Å². The average molecular weight is 573 g/mol. The third kappa shape index (κ3) is 5.87. The first-order valence-electron chi connectivity index (χ1n) is 12.5. The van der Waals surface area contributed by atoms with Crippen molar-refractivity contribution in [1.82, 2.24) is 29.7 Å². The second-order valence-electron chi connectivity index (χ2n) is 10.4. The van der Waals surface area contributed by atoms with Crippen LogP contribution in [0.4, 0.5) is 5.69 Å². The quantitative estimate of drug-likeness (QED) is 0.395. The molecule has 3 heterocycles. The molecule has 11 heteroatoms. The lowest BCUT2D eigenvalue weighted by Gasteiger charge is -2.29. The molecule has 0 radical (unpaired) electrons. The molecule has 0 aliphatic carbocycles. The first kappa shape index (κ1) is 26.8. The number of amides is 1. The Morgan fingerprint density at radius 3 is 2.76 bits per heavy atom. The summed E-state index contributed by atoms with van der Waals surface area (Å²) in [6, 6.07) is 3.80.